The molecule has 1 unspecified atom stereocenters. The van der Waals surface area contributed by atoms with E-state index in [9.17, 15) is 4.79 Å². The number of fused-ring (bicyclic) bond motifs is 1. The van der Waals surface area contributed by atoms with Crippen LogP contribution in [0.5, 0.6) is 0 Å². The molecule has 162 valence electrons. The molecule has 1 atom stereocenters. The molecule has 2 aromatic heterocycles. The number of aromatic amines is 1. The van der Waals surface area contributed by atoms with Crippen molar-refractivity contribution in [2.45, 2.75) is 57.9 Å². The number of rotatable bonds is 4. The summed E-state index contributed by atoms with van der Waals surface area (Å²) in [4.78, 5) is 22.8. The van der Waals surface area contributed by atoms with Crippen LogP contribution in [0.25, 0.3) is 22.2 Å². The van der Waals surface area contributed by atoms with Crippen molar-refractivity contribution in [2.24, 2.45) is 0 Å². The Bertz CT molecular complexity index is 1090. The van der Waals surface area contributed by atoms with Gasteiger partial charge in [0.1, 0.15) is 0 Å². The van der Waals surface area contributed by atoms with Gasteiger partial charge >= 0.3 is 0 Å². The van der Waals surface area contributed by atoms with Crippen LogP contribution >= 0.6 is 0 Å². The fourth-order valence-electron chi connectivity index (χ4n) is 5.38. The Kier molecular flexibility index (Phi) is 5.53. The molecule has 0 spiro atoms. The standard InChI is InChI=1S/C26H32N4O/c1-3-21-22-16-19(6-7-23(22)29-25(21)20-8-12-27-17(2)15-20)18-9-13-30(14-10-18)26(31)24-5-4-11-28-24/h6-8,12,15-16,18,24,28-29H,3-5,9-11,13-14H2,1-2H3. The molecule has 4 heterocycles. The van der Waals surface area contributed by atoms with E-state index in [1.54, 1.807) is 0 Å². The molecule has 2 N–H and O–H groups in total. The van der Waals surface area contributed by atoms with Crippen molar-refractivity contribution in [3.63, 3.8) is 0 Å². The van der Waals surface area contributed by atoms with Crippen LogP contribution in [0.4, 0.5) is 0 Å². The summed E-state index contributed by atoms with van der Waals surface area (Å²) in [5.74, 6) is 0.832. The molecule has 0 aliphatic carbocycles. The Labute approximate surface area is 184 Å². The number of nitrogens with one attached hydrogen (secondary N) is 2. The largest absolute Gasteiger partial charge is 0.354 e. The van der Waals surface area contributed by atoms with Crippen molar-refractivity contribution >= 4 is 16.8 Å². The van der Waals surface area contributed by atoms with E-state index in [0.717, 1.165) is 57.4 Å². The zero-order chi connectivity index (χ0) is 21.4. The molecule has 1 amide bonds. The number of nitrogens with zero attached hydrogens (tertiary/aromatic N) is 2. The van der Waals surface area contributed by atoms with Crippen LogP contribution in [0.1, 0.15) is 55.3 Å². The number of aryl methyl sites for hydroxylation is 2. The Morgan fingerprint density at radius 1 is 1.16 bits per heavy atom. The van der Waals surface area contributed by atoms with Gasteiger partial charge in [-0.05, 0) is 86.9 Å². The van der Waals surface area contributed by atoms with Gasteiger partial charge in [-0.3, -0.25) is 9.78 Å². The summed E-state index contributed by atoms with van der Waals surface area (Å²) in [5.41, 5.74) is 7.43. The van der Waals surface area contributed by atoms with Gasteiger partial charge in [-0.15, -0.1) is 0 Å². The predicted molar refractivity (Wildman–Crippen MR) is 125 cm³/mol. The summed E-state index contributed by atoms with van der Waals surface area (Å²) in [6.07, 6.45) is 7.07. The van der Waals surface area contributed by atoms with Crippen LogP contribution in [-0.4, -0.2) is 46.5 Å². The number of benzene rings is 1. The average molecular weight is 417 g/mol. The summed E-state index contributed by atoms with van der Waals surface area (Å²) >= 11 is 0. The van der Waals surface area contributed by atoms with Crippen molar-refractivity contribution in [3.8, 4) is 11.3 Å². The highest BCUT2D eigenvalue weighted by atomic mass is 16.2. The number of likely N-dealkylation sites (tertiary alicyclic amines) is 1. The van der Waals surface area contributed by atoms with Gasteiger partial charge in [-0.1, -0.05) is 13.0 Å². The molecule has 0 saturated carbocycles. The van der Waals surface area contributed by atoms with Gasteiger partial charge in [-0.25, -0.2) is 0 Å². The molecule has 2 aliphatic heterocycles. The first-order chi connectivity index (χ1) is 15.1. The number of H-pyrrole nitrogens is 1. The minimum atomic E-state index is 0.0510. The Morgan fingerprint density at radius 3 is 2.71 bits per heavy atom. The Hall–Kier alpha value is -2.66. The van der Waals surface area contributed by atoms with E-state index >= 15 is 0 Å². The molecule has 2 saturated heterocycles. The van der Waals surface area contributed by atoms with E-state index in [0.29, 0.717) is 11.8 Å². The molecule has 5 nitrogen and oxygen atoms in total. The van der Waals surface area contributed by atoms with E-state index in [2.05, 4.69) is 57.4 Å². The molecule has 5 heteroatoms. The van der Waals surface area contributed by atoms with Gasteiger partial charge in [0.05, 0.1) is 6.04 Å². The zero-order valence-electron chi connectivity index (χ0n) is 18.6. The van der Waals surface area contributed by atoms with Crippen LogP contribution in [0.3, 0.4) is 0 Å². The van der Waals surface area contributed by atoms with Crippen LogP contribution in [0.2, 0.25) is 0 Å². The molecule has 2 fully saturated rings. The smallest absolute Gasteiger partial charge is 0.239 e. The second kappa shape index (κ2) is 8.46. The number of carbonyl (C=O) groups excluding carboxylic acids is 1. The molecular formula is C26H32N4O. The quantitative estimate of drug-likeness (QED) is 0.655. The first-order valence-corrected chi connectivity index (χ1v) is 11.7. The number of carbonyl (C=O) groups is 1. The topological polar surface area (TPSA) is 61.0 Å². The minimum Gasteiger partial charge on any atom is -0.354 e. The average Bonchev–Trinajstić information content (AvgIpc) is 3.46. The summed E-state index contributed by atoms with van der Waals surface area (Å²) in [6, 6.07) is 11.2. The second-order valence-corrected chi connectivity index (χ2v) is 9.07. The SMILES string of the molecule is CCc1c(-c2ccnc(C)c2)[nH]c2ccc(C3CCN(C(=O)C4CCCN4)CC3)cc12. The fourth-order valence-corrected chi connectivity index (χ4v) is 5.38. The van der Waals surface area contributed by atoms with Gasteiger partial charge in [0.15, 0.2) is 0 Å². The number of aromatic nitrogens is 2. The maximum Gasteiger partial charge on any atom is 0.239 e. The number of amides is 1. The predicted octanol–water partition coefficient (Wildman–Crippen LogP) is 4.56. The van der Waals surface area contributed by atoms with Crippen molar-refractivity contribution in [1.29, 1.82) is 0 Å². The number of hydrogen-bond acceptors (Lipinski definition) is 3. The third-order valence-electron chi connectivity index (χ3n) is 7.11. The van der Waals surface area contributed by atoms with Crippen molar-refractivity contribution in [3.05, 3.63) is 53.3 Å². The number of hydrogen-bond donors (Lipinski definition) is 2. The minimum absolute atomic E-state index is 0.0510. The molecule has 3 aromatic rings. The Morgan fingerprint density at radius 2 is 2.00 bits per heavy atom. The second-order valence-electron chi connectivity index (χ2n) is 9.07. The maximum absolute atomic E-state index is 12.7. The van der Waals surface area contributed by atoms with Crippen LogP contribution in [-0.2, 0) is 11.2 Å². The van der Waals surface area contributed by atoms with E-state index in [1.165, 1.54) is 33.3 Å². The zero-order valence-corrected chi connectivity index (χ0v) is 18.6. The van der Waals surface area contributed by atoms with Gasteiger partial charge < -0.3 is 15.2 Å². The van der Waals surface area contributed by atoms with E-state index in [4.69, 9.17) is 0 Å². The highest BCUT2D eigenvalue weighted by Gasteiger charge is 2.30. The first-order valence-electron chi connectivity index (χ1n) is 11.7. The number of pyridine rings is 1. The molecular weight excluding hydrogens is 384 g/mol. The van der Waals surface area contributed by atoms with Gasteiger partial charge in [0, 0.05) is 47.1 Å². The van der Waals surface area contributed by atoms with Crippen molar-refractivity contribution in [1.82, 2.24) is 20.2 Å². The highest BCUT2D eigenvalue weighted by Crippen LogP contribution is 2.35. The fraction of sp³-hybridized carbons (Fsp3) is 0.462. The van der Waals surface area contributed by atoms with Crippen LogP contribution in [0, 0.1) is 6.92 Å². The van der Waals surface area contributed by atoms with Gasteiger partial charge in [0.25, 0.3) is 0 Å². The third-order valence-corrected chi connectivity index (χ3v) is 7.11. The van der Waals surface area contributed by atoms with Gasteiger partial charge in [-0.2, -0.15) is 0 Å². The molecule has 0 bridgehead atoms. The lowest BCUT2D eigenvalue weighted by atomic mass is 9.88. The van der Waals surface area contributed by atoms with Crippen molar-refractivity contribution in [2.75, 3.05) is 19.6 Å². The van der Waals surface area contributed by atoms with Crippen molar-refractivity contribution < 1.29 is 4.79 Å². The summed E-state index contributed by atoms with van der Waals surface area (Å²) in [7, 11) is 0. The summed E-state index contributed by atoms with van der Waals surface area (Å²) < 4.78 is 0. The molecule has 5 rings (SSSR count). The first kappa shape index (κ1) is 20.3. The highest BCUT2D eigenvalue weighted by molar-refractivity contribution is 5.91. The normalized spacial score (nSPS) is 19.9. The van der Waals surface area contributed by atoms with Crippen LogP contribution in [0.15, 0.2) is 36.5 Å². The van der Waals surface area contributed by atoms with Gasteiger partial charge in [0.2, 0.25) is 5.91 Å². The molecule has 0 radical (unpaired) electrons. The van der Waals surface area contributed by atoms with E-state index in [-0.39, 0.29) is 6.04 Å². The van der Waals surface area contributed by atoms with Crippen LogP contribution < -0.4 is 5.32 Å². The monoisotopic (exact) mass is 416 g/mol. The van der Waals surface area contributed by atoms with E-state index in [1.807, 2.05) is 13.1 Å². The maximum atomic E-state index is 12.7. The Balaban J connectivity index is 1.37. The molecule has 1 aromatic carbocycles. The lowest BCUT2D eigenvalue weighted by molar-refractivity contribution is -0.134. The summed E-state index contributed by atoms with van der Waals surface area (Å²) in [6.45, 7) is 6.98. The lowest BCUT2D eigenvalue weighted by Gasteiger charge is -2.33. The molecule has 2 aliphatic rings. The summed E-state index contributed by atoms with van der Waals surface area (Å²) in [5, 5.41) is 4.68. The lowest BCUT2D eigenvalue weighted by Crippen LogP contribution is -2.46. The number of piperidine rings is 1. The third kappa shape index (κ3) is 3.87. The molecule has 31 heavy (non-hydrogen) atoms. The van der Waals surface area contributed by atoms with E-state index < -0.39 is 0 Å².